The minimum Gasteiger partial charge on any atom is -0.385 e. The fourth-order valence-electron chi connectivity index (χ4n) is 3.16. The lowest BCUT2D eigenvalue weighted by atomic mass is 9.84. The van der Waals surface area contributed by atoms with Crippen molar-refractivity contribution in [3.63, 3.8) is 0 Å². The molecule has 5 nitrogen and oxygen atoms in total. The van der Waals surface area contributed by atoms with Crippen LogP contribution in [-0.2, 0) is 0 Å². The first-order valence-corrected chi connectivity index (χ1v) is 7.46. The summed E-state index contributed by atoms with van der Waals surface area (Å²) in [5.74, 6) is 2.03. The molecule has 0 saturated heterocycles. The summed E-state index contributed by atoms with van der Waals surface area (Å²) in [6.07, 6.45) is 4.85. The van der Waals surface area contributed by atoms with Crippen molar-refractivity contribution in [3.05, 3.63) is 35.9 Å². The number of nitrogens with zero attached hydrogens (tertiary/aromatic N) is 3. The molecule has 1 aromatic heterocycles. The Kier molecular flexibility index (Phi) is 3.99. The second-order valence-electron chi connectivity index (χ2n) is 5.99. The van der Waals surface area contributed by atoms with Gasteiger partial charge in [0, 0.05) is 17.8 Å². The summed E-state index contributed by atoms with van der Waals surface area (Å²) < 4.78 is 0. The van der Waals surface area contributed by atoms with E-state index in [-0.39, 0.29) is 0 Å². The Morgan fingerprint density at radius 1 is 1.38 bits per heavy atom. The fraction of sp³-hybridized carbons (Fsp3) is 0.438. The standard InChI is InChI=1S/C16H21N5/c1-11-6-12(2)8-13(7-11)10-17-15-5-3-4-14(9-15)16-18-20-21-19-16/h3-6,9,11,13,17H,7-8,10H2,1-2H3,(H,18,19,20,21). The van der Waals surface area contributed by atoms with Crippen molar-refractivity contribution in [2.24, 2.45) is 11.8 Å². The average Bonchev–Trinajstić information content (AvgIpc) is 2.99. The third kappa shape index (κ3) is 3.48. The van der Waals surface area contributed by atoms with E-state index in [1.165, 1.54) is 18.4 Å². The highest BCUT2D eigenvalue weighted by molar-refractivity contribution is 5.61. The summed E-state index contributed by atoms with van der Waals surface area (Å²) in [6.45, 7) is 5.54. The topological polar surface area (TPSA) is 66.5 Å². The Labute approximate surface area is 124 Å². The molecule has 21 heavy (non-hydrogen) atoms. The van der Waals surface area contributed by atoms with E-state index in [4.69, 9.17) is 0 Å². The van der Waals surface area contributed by atoms with Crippen LogP contribution in [-0.4, -0.2) is 27.2 Å². The molecule has 1 aliphatic rings. The van der Waals surface area contributed by atoms with Gasteiger partial charge in [0.2, 0.25) is 5.82 Å². The quantitative estimate of drug-likeness (QED) is 0.845. The van der Waals surface area contributed by atoms with E-state index in [0.29, 0.717) is 17.7 Å². The molecular weight excluding hydrogens is 262 g/mol. The second kappa shape index (κ2) is 6.08. The second-order valence-corrected chi connectivity index (χ2v) is 5.99. The lowest BCUT2D eigenvalue weighted by Crippen LogP contribution is -2.20. The van der Waals surface area contributed by atoms with E-state index in [2.05, 4.69) is 58.0 Å². The van der Waals surface area contributed by atoms with Crippen LogP contribution in [0.25, 0.3) is 11.4 Å². The fourth-order valence-corrected chi connectivity index (χ4v) is 3.16. The van der Waals surface area contributed by atoms with E-state index < -0.39 is 0 Å². The largest absolute Gasteiger partial charge is 0.385 e. The van der Waals surface area contributed by atoms with Gasteiger partial charge in [-0.05, 0) is 48.9 Å². The Hall–Kier alpha value is -2.17. The molecule has 1 aromatic carbocycles. The summed E-state index contributed by atoms with van der Waals surface area (Å²) in [4.78, 5) is 0. The third-order valence-electron chi connectivity index (χ3n) is 3.95. The maximum Gasteiger partial charge on any atom is 0.204 e. The Morgan fingerprint density at radius 3 is 3.05 bits per heavy atom. The minimum atomic E-state index is 0.628. The summed E-state index contributed by atoms with van der Waals surface area (Å²) in [5, 5.41) is 17.7. The van der Waals surface area contributed by atoms with Crippen molar-refractivity contribution >= 4 is 5.69 Å². The molecule has 0 radical (unpaired) electrons. The molecule has 0 amide bonds. The first-order chi connectivity index (χ1) is 10.2. The average molecular weight is 283 g/mol. The van der Waals surface area contributed by atoms with E-state index in [0.717, 1.165) is 17.8 Å². The number of benzene rings is 1. The molecule has 2 N–H and O–H groups in total. The van der Waals surface area contributed by atoms with Crippen LogP contribution in [0, 0.1) is 11.8 Å². The van der Waals surface area contributed by atoms with Gasteiger partial charge >= 0.3 is 0 Å². The van der Waals surface area contributed by atoms with E-state index in [1.807, 2.05) is 12.1 Å². The Balaban J connectivity index is 1.63. The summed E-state index contributed by atoms with van der Waals surface area (Å²) >= 11 is 0. The van der Waals surface area contributed by atoms with Crippen LogP contribution < -0.4 is 5.32 Å². The highest BCUT2D eigenvalue weighted by Crippen LogP contribution is 2.28. The van der Waals surface area contributed by atoms with Crippen LogP contribution in [0.2, 0.25) is 0 Å². The van der Waals surface area contributed by atoms with Crippen molar-refractivity contribution in [3.8, 4) is 11.4 Å². The van der Waals surface area contributed by atoms with Crippen LogP contribution >= 0.6 is 0 Å². The molecule has 2 atom stereocenters. The summed E-state index contributed by atoms with van der Waals surface area (Å²) in [5.41, 5.74) is 3.60. The molecule has 5 heteroatoms. The summed E-state index contributed by atoms with van der Waals surface area (Å²) in [7, 11) is 0. The van der Waals surface area contributed by atoms with Gasteiger partial charge in [-0.3, -0.25) is 0 Å². The molecule has 110 valence electrons. The molecule has 2 aromatic rings. The van der Waals surface area contributed by atoms with Crippen molar-refractivity contribution in [2.45, 2.75) is 26.7 Å². The zero-order valence-electron chi connectivity index (χ0n) is 12.5. The maximum atomic E-state index is 4.01. The van der Waals surface area contributed by atoms with Crippen LogP contribution in [0.3, 0.4) is 0 Å². The van der Waals surface area contributed by atoms with Crippen molar-refractivity contribution < 1.29 is 0 Å². The zero-order chi connectivity index (χ0) is 14.7. The lowest BCUT2D eigenvalue weighted by molar-refractivity contribution is 0.421. The van der Waals surface area contributed by atoms with Crippen LogP contribution in [0.15, 0.2) is 35.9 Å². The van der Waals surface area contributed by atoms with E-state index in [9.17, 15) is 0 Å². The highest BCUT2D eigenvalue weighted by Gasteiger charge is 2.17. The Bertz CT molecular complexity index is 617. The van der Waals surface area contributed by atoms with Gasteiger partial charge in [-0.25, -0.2) is 0 Å². The van der Waals surface area contributed by atoms with Gasteiger partial charge in [-0.2, -0.15) is 5.21 Å². The molecule has 0 aliphatic heterocycles. The van der Waals surface area contributed by atoms with Crippen LogP contribution in [0.1, 0.15) is 26.7 Å². The molecule has 0 saturated carbocycles. The molecule has 1 heterocycles. The van der Waals surface area contributed by atoms with Crippen molar-refractivity contribution in [1.29, 1.82) is 0 Å². The number of hydrogen-bond donors (Lipinski definition) is 2. The molecule has 0 bridgehead atoms. The van der Waals surface area contributed by atoms with E-state index >= 15 is 0 Å². The smallest absolute Gasteiger partial charge is 0.204 e. The van der Waals surface area contributed by atoms with Crippen molar-refractivity contribution in [2.75, 3.05) is 11.9 Å². The monoisotopic (exact) mass is 283 g/mol. The Morgan fingerprint density at radius 2 is 2.29 bits per heavy atom. The number of nitrogens with one attached hydrogen (secondary N) is 2. The maximum absolute atomic E-state index is 4.01. The van der Waals surface area contributed by atoms with Crippen molar-refractivity contribution in [1.82, 2.24) is 20.6 Å². The number of H-pyrrole nitrogens is 1. The first-order valence-electron chi connectivity index (χ1n) is 7.46. The van der Waals surface area contributed by atoms with Gasteiger partial charge in [-0.1, -0.05) is 30.7 Å². The van der Waals surface area contributed by atoms with Gasteiger partial charge in [-0.15, -0.1) is 10.2 Å². The first kappa shape index (κ1) is 13.8. The number of tetrazole rings is 1. The lowest BCUT2D eigenvalue weighted by Gasteiger charge is -2.26. The predicted octanol–water partition coefficient (Wildman–Crippen LogP) is 3.27. The van der Waals surface area contributed by atoms with E-state index in [1.54, 1.807) is 0 Å². The van der Waals surface area contributed by atoms with Gasteiger partial charge in [0.05, 0.1) is 0 Å². The molecular formula is C16H21N5. The number of aromatic nitrogens is 4. The van der Waals surface area contributed by atoms with Gasteiger partial charge in [0.1, 0.15) is 0 Å². The normalized spacial score (nSPS) is 21.9. The van der Waals surface area contributed by atoms with Gasteiger partial charge < -0.3 is 5.32 Å². The number of anilines is 1. The minimum absolute atomic E-state index is 0.628. The number of allylic oxidation sites excluding steroid dienone is 2. The zero-order valence-corrected chi connectivity index (χ0v) is 12.5. The number of aromatic amines is 1. The molecule has 2 unspecified atom stereocenters. The molecule has 3 rings (SSSR count). The van der Waals surface area contributed by atoms with Crippen LogP contribution in [0.5, 0.6) is 0 Å². The molecule has 0 spiro atoms. The highest BCUT2D eigenvalue weighted by atomic mass is 15.5. The number of hydrogen-bond acceptors (Lipinski definition) is 4. The van der Waals surface area contributed by atoms with Gasteiger partial charge in [0.15, 0.2) is 0 Å². The summed E-state index contributed by atoms with van der Waals surface area (Å²) in [6, 6.07) is 8.16. The molecule has 1 aliphatic carbocycles. The van der Waals surface area contributed by atoms with Crippen LogP contribution in [0.4, 0.5) is 5.69 Å². The predicted molar refractivity (Wildman–Crippen MR) is 83.7 cm³/mol. The third-order valence-corrected chi connectivity index (χ3v) is 3.95. The molecule has 0 fully saturated rings. The number of rotatable bonds is 4. The SMILES string of the molecule is CC1=CC(C)CC(CNc2cccc(-c3nn[nH]n3)c2)C1. The van der Waals surface area contributed by atoms with Gasteiger partial charge in [0.25, 0.3) is 0 Å².